The van der Waals surface area contributed by atoms with Gasteiger partial charge in [0.1, 0.15) is 0 Å². The van der Waals surface area contributed by atoms with Gasteiger partial charge in [-0.25, -0.2) is 0 Å². The Morgan fingerprint density at radius 1 is 1.38 bits per heavy atom. The minimum Gasteiger partial charge on any atom is -0.381 e. The molecule has 1 aliphatic heterocycles. The molecule has 0 amide bonds. The fourth-order valence-electron chi connectivity index (χ4n) is 1.25. The maximum absolute atomic E-state index is 11.2. The molecule has 1 heterocycles. The Balaban J connectivity index is 2.60. The number of hydrogen-bond acceptors (Lipinski definition) is 4. The quantitative estimate of drug-likeness (QED) is 0.647. The topological polar surface area (TPSA) is 52.6 Å². The fourth-order valence-corrected chi connectivity index (χ4v) is 2.15. The van der Waals surface area contributed by atoms with E-state index in [1.54, 1.807) is 6.92 Å². The Morgan fingerprint density at radius 3 is 2.38 bits per heavy atom. The molecule has 0 radical (unpaired) electrons. The number of rotatable bonds is 3. The Kier molecular flexibility index (Phi) is 3.32. The Morgan fingerprint density at radius 2 is 1.92 bits per heavy atom. The maximum atomic E-state index is 11.2. The second-order valence-corrected chi connectivity index (χ2v) is 5.35. The molecule has 0 spiro atoms. The highest BCUT2D eigenvalue weighted by Crippen LogP contribution is 2.26. The third kappa shape index (κ3) is 3.25. The second-order valence-electron chi connectivity index (χ2n) is 3.49. The fraction of sp³-hybridized carbons (Fsp3) is 1.00. The molecule has 0 unspecified atom stereocenters. The van der Waals surface area contributed by atoms with Crippen LogP contribution in [0.5, 0.6) is 0 Å². The summed E-state index contributed by atoms with van der Waals surface area (Å²) in [6.45, 7) is 4.56. The van der Waals surface area contributed by atoms with E-state index in [1.165, 1.54) is 0 Å². The van der Waals surface area contributed by atoms with Gasteiger partial charge in [-0.05, 0) is 13.8 Å². The van der Waals surface area contributed by atoms with Crippen molar-refractivity contribution in [1.82, 2.24) is 0 Å². The molecule has 5 heteroatoms. The molecule has 0 aromatic carbocycles. The van der Waals surface area contributed by atoms with Crippen molar-refractivity contribution in [3.63, 3.8) is 0 Å². The normalized spacial score (nSPS) is 22.9. The van der Waals surface area contributed by atoms with Crippen molar-refractivity contribution < 1.29 is 17.3 Å². The maximum Gasteiger partial charge on any atom is 0.267 e. The second kappa shape index (κ2) is 3.94. The molecule has 1 rings (SSSR count). The number of hydrogen-bond donors (Lipinski definition) is 0. The van der Waals surface area contributed by atoms with Crippen LogP contribution in [0, 0.1) is 0 Å². The van der Waals surface area contributed by atoms with E-state index in [2.05, 4.69) is 0 Å². The van der Waals surface area contributed by atoms with Crippen LogP contribution in [0.25, 0.3) is 0 Å². The van der Waals surface area contributed by atoms with Gasteiger partial charge in [0, 0.05) is 26.1 Å². The molecule has 1 saturated heterocycles. The summed E-state index contributed by atoms with van der Waals surface area (Å²) in [5, 5.41) is 0. The van der Waals surface area contributed by atoms with Gasteiger partial charge < -0.3 is 4.74 Å². The summed E-state index contributed by atoms with van der Waals surface area (Å²) in [5.41, 5.74) is -0.549. The van der Waals surface area contributed by atoms with Gasteiger partial charge in [-0.2, -0.15) is 8.42 Å². The molecular weight excluding hydrogens is 192 g/mol. The lowest BCUT2D eigenvalue weighted by Gasteiger charge is -2.32. The van der Waals surface area contributed by atoms with Crippen LogP contribution < -0.4 is 0 Å². The van der Waals surface area contributed by atoms with E-state index in [9.17, 15) is 8.42 Å². The van der Waals surface area contributed by atoms with Crippen molar-refractivity contribution in [2.45, 2.75) is 32.3 Å². The van der Waals surface area contributed by atoms with E-state index >= 15 is 0 Å². The van der Waals surface area contributed by atoms with E-state index in [1.807, 2.05) is 6.92 Å². The summed E-state index contributed by atoms with van der Waals surface area (Å²) in [4.78, 5) is 0. The minimum absolute atomic E-state index is 0.0312. The molecule has 0 atom stereocenters. The first-order chi connectivity index (χ1) is 5.97. The molecule has 0 aromatic rings. The van der Waals surface area contributed by atoms with Crippen molar-refractivity contribution in [2.75, 3.05) is 19.0 Å². The average Bonchev–Trinajstić information content (AvgIpc) is 2.04. The van der Waals surface area contributed by atoms with Crippen LogP contribution in [0.15, 0.2) is 0 Å². The van der Waals surface area contributed by atoms with E-state index in [0.717, 1.165) is 0 Å². The lowest BCUT2D eigenvalue weighted by Crippen LogP contribution is -2.38. The summed E-state index contributed by atoms with van der Waals surface area (Å²) in [5.74, 6) is 0.0312. The Labute approximate surface area is 79.3 Å². The van der Waals surface area contributed by atoms with Crippen molar-refractivity contribution in [1.29, 1.82) is 0 Å². The molecule has 13 heavy (non-hydrogen) atoms. The first-order valence-electron chi connectivity index (χ1n) is 4.48. The molecule has 4 nitrogen and oxygen atoms in total. The molecule has 0 aromatic heterocycles. The van der Waals surface area contributed by atoms with Crippen LogP contribution in [-0.4, -0.2) is 33.0 Å². The van der Waals surface area contributed by atoms with Gasteiger partial charge in [0.15, 0.2) is 0 Å². The monoisotopic (exact) mass is 208 g/mol. The van der Waals surface area contributed by atoms with Crippen LogP contribution >= 0.6 is 0 Å². The third-order valence-corrected chi connectivity index (χ3v) is 3.60. The molecule has 0 bridgehead atoms. The van der Waals surface area contributed by atoms with Gasteiger partial charge in [-0.1, -0.05) is 0 Å². The Bertz CT molecular complexity index is 251. The molecule has 0 N–H and O–H groups in total. The summed E-state index contributed by atoms with van der Waals surface area (Å²) >= 11 is 0. The lowest BCUT2D eigenvalue weighted by atomic mass is 9.98. The molecule has 78 valence electrons. The van der Waals surface area contributed by atoms with Gasteiger partial charge in [0.2, 0.25) is 0 Å². The largest absolute Gasteiger partial charge is 0.381 e. The zero-order chi connectivity index (χ0) is 9.95. The lowest BCUT2D eigenvalue weighted by molar-refractivity contribution is -0.0304. The number of ether oxygens (including phenoxy) is 1. The van der Waals surface area contributed by atoms with Gasteiger partial charge >= 0.3 is 0 Å². The van der Waals surface area contributed by atoms with E-state index in [0.29, 0.717) is 26.1 Å². The first kappa shape index (κ1) is 10.9. The SMILES string of the molecule is CCS(=O)(=O)OC1(C)CCOCC1. The van der Waals surface area contributed by atoms with Crippen LogP contribution in [0.1, 0.15) is 26.7 Å². The average molecular weight is 208 g/mol. The predicted octanol–water partition coefficient (Wildman–Crippen LogP) is 0.922. The van der Waals surface area contributed by atoms with Crippen LogP contribution in [0.3, 0.4) is 0 Å². The van der Waals surface area contributed by atoms with Crippen LogP contribution in [0.2, 0.25) is 0 Å². The third-order valence-electron chi connectivity index (χ3n) is 2.23. The van der Waals surface area contributed by atoms with E-state index in [-0.39, 0.29) is 5.75 Å². The predicted molar refractivity (Wildman–Crippen MR) is 49.0 cm³/mol. The standard InChI is InChI=1S/C8H16O4S/c1-3-13(9,10)12-8(2)4-6-11-7-5-8/h3-7H2,1-2H3. The van der Waals surface area contributed by atoms with E-state index < -0.39 is 15.7 Å². The highest BCUT2D eigenvalue weighted by Gasteiger charge is 2.32. The zero-order valence-electron chi connectivity index (χ0n) is 8.08. The summed E-state index contributed by atoms with van der Waals surface area (Å²) in [6, 6.07) is 0. The molecular formula is C8H16O4S. The van der Waals surface area contributed by atoms with Crippen LogP contribution in [-0.2, 0) is 19.0 Å². The summed E-state index contributed by atoms with van der Waals surface area (Å²) in [6.07, 6.45) is 1.29. The Hall–Kier alpha value is -0.130. The van der Waals surface area contributed by atoms with Crippen molar-refractivity contribution >= 4 is 10.1 Å². The van der Waals surface area contributed by atoms with Crippen LogP contribution in [0.4, 0.5) is 0 Å². The summed E-state index contributed by atoms with van der Waals surface area (Å²) in [7, 11) is -3.33. The molecule has 1 aliphatic rings. The molecule has 0 aliphatic carbocycles. The zero-order valence-corrected chi connectivity index (χ0v) is 8.89. The van der Waals surface area contributed by atoms with Gasteiger partial charge in [0.25, 0.3) is 10.1 Å². The van der Waals surface area contributed by atoms with E-state index in [4.69, 9.17) is 8.92 Å². The minimum atomic E-state index is -3.33. The van der Waals surface area contributed by atoms with Crippen molar-refractivity contribution in [2.24, 2.45) is 0 Å². The highest BCUT2D eigenvalue weighted by molar-refractivity contribution is 7.86. The highest BCUT2D eigenvalue weighted by atomic mass is 32.2. The molecule has 0 saturated carbocycles. The van der Waals surface area contributed by atoms with Crippen molar-refractivity contribution in [3.05, 3.63) is 0 Å². The van der Waals surface area contributed by atoms with Crippen molar-refractivity contribution in [3.8, 4) is 0 Å². The summed E-state index contributed by atoms with van der Waals surface area (Å²) < 4.78 is 32.7. The van der Waals surface area contributed by atoms with Gasteiger partial charge in [0.05, 0.1) is 11.4 Å². The van der Waals surface area contributed by atoms with Gasteiger partial charge in [-0.3, -0.25) is 4.18 Å². The van der Waals surface area contributed by atoms with Gasteiger partial charge in [-0.15, -0.1) is 0 Å². The smallest absolute Gasteiger partial charge is 0.267 e. The molecule has 1 fully saturated rings. The first-order valence-corrected chi connectivity index (χ1v) is 6.06.